The molecule has 0 unspecified atom stereocenters. The van der Waals surface area contributed by atoms with Gasteiger partial charge in [-0.2, -0.15) is 0 Å². The summed E-state index contributed by atoms with van der Waals surface area (Å²) < 4.78 is 0. The van der Waals surface area contributed by atoms with E-state index in [2.05, 4.69) is 13.8 Å². The third-order valence-corrected chi connectivity index (χ3v) is 2.70. The molecular formula is C11H26N2. The van der Waals surface area contributed by atoms with Crippen molar-refractivity contribution in [3.63, 3.8) is 0 Å². The molecule has 0 amide bonds. The van der Waals surface area contributed by atoms with E-state index in [1.807, 2.05) is 0 Å². The van der Waals surface area contributed by atoms with Crippen LogP contribution in [-0.2, 0) is 0 Å². The highest BCUT2D eigenvalue weighted by Crippen LogP contribution is 2.14. The number of nitrogens with two attached hydrogens (primary N) is 2. The maximum Gasteiger partial charge on any atom is 0.00388 e. The van der Waals surface area contributed by atoms with Crippen LogP contribution in [0.4, 0.5) is 0 Å². The lowest BCUT2D eigenvalue weighted by Crippen LogP contribution is -2.22. The van der Waals surface area contributed by atoms with Crippen molar-refractivity contribution < 1.29 is 0 Å². The fraction of sp³-hybridized carbons (Fsp3) is 1.00. The summed E-state index contributed by atoms with van der Waals surface area (Å²) >= 11 is 0. The Morgan fingerprint density at radius 2 is 1.54 bits per heavy atom. The molecule has 1 rings (SSSR count). The normalized spacial score (nSPS) is 18.2. The molecule has 0 spiro atoms. The minimum absolute atomic E-state index is 0.435. The van der Waals surface area contributed by atoms with Gasteiger partial charge < -0.3 is 11.5 Å². The summed E-state index contributed by atoms with van der Waals surface area (Å²) in [5, 5.41) is 0. The predicted molar refractivity (Wildman–Crippen MR) is 59.6 cm³/mol. The van der Waals surface area contributed by atoms with E-state index in [4.69, 9.17) is 11.5 Å². The van der Waals surface area contributed by atoms with Gasteiger partial charge in [-0.25, -0.2) is 0 Å². The smallest absolute Gasteiger partial charge is 0.00388 e. The van der Waals surface area contributed by atoms with Crippen LogP contribution < -0.4 is 11.5 Å². The maximum absolute atomic E-state index is 5.63. The Bertz CT molecular complexity index is 94.3. The van der Waals surface area contributed by atoms with Gasteiger partial charge in [-0.15, -0.1) is 0 Å². The summed E-state index contributed by atoms with van der Waals surface area (Å²) in [6.45, 7) is 4.21. The van der Waals surface area contributed by atoms with Gasteiger partial charge in [-0.3, -0.25) is 0 Å². The van der Waals surface area contributed by atoms with E-state index < -0.39 is 0 Å². The summed E-state index contributed by atoms with van der Waals surface area (Å²) in [5.74, 6) is 0. The summed E-state index contributed by atoms with van der Waals surface area (Å²) in [7, 11) is 0. The van der Waals surface area contributed by atoms with Crippen molar-refractivity contribution in [3.05, 3.63) is 0 Å². The van der Waals surface area contributed by atoms with Crippen molar-refractivity contribution in [2.75, 3.05) is 0 Å². The first-order valence-electron chi connectivity index (χ1n) is 5.71. The van der Waals surface area contributed by atoms with E-state index in [0.29, 0.717) is 12.1 Å². The molecule has 0 radical (unpaired) electrons. The van der Waals surface area contributed by atoms with Gasteiger partial charge in [-0.05, 0) is 25.7 Å². The van der Waals surface area contributed by atoms with Crippen LogP contribution in [-0.4, -0.2) is 12.1 Å². The van der Waals surface area contributed by atoms with Crippen LogP contribution in [0.5, 0.6) is 0 Å². The number of rotatable bonds is 2. The molecule has 4 N–H and O–H groups in total. The van der Waals surface area contributed by atoms with Crippen LogP contribution in [0.1, 0.15) is 58.8 Å². The van der Waals surface area contributed by atoms with Crippen molar-refractivity contribution in [1.29, 1.82) is 0 Å². The molecule has 0 aromatic carbocycles. The Hall–Kier alpha value is -0.0800. The third-order valence-electron chi connectivity index (χ3n) is 2.70. The second kappa shape index (κ2) is 8.52. The van der Waals surface area contributed by atoms with Crippen LogP contribution >= 0.6 is 0 Å². The molecule has 0 atom stereocenters. The lowest BCUT2D eigenvalue weighted by molar-refractivity contribution is 0.441. The molecule has 1 saturated carbocycles. The van der Waals surface area contributed by atoms with E-state index in [1.54, 1.807) is 0 Å². The first-order chi connectivity index (χ1) is 6.20. The van der Waals surface area contributed by atoms with E-state index in [0.717, 1.165) is 12.8 Å². The van der Waals surface area contributed by atoms with Crippen LogP contribution in [0.3, 0.4) is 0 Å². The van der Waals surface area contributed by atoms with Crippen molar-refractivity contribution in [2.24, 2.45) is 11.5 Å². The van der Waals surface area contributed by atoms with Crippen LogP contribution in [0.2, 0.25) is 0 Å². The van der Waals surface area contributed by atoms with E-state index in [-0.39, 0.29) is 0 Å². The maximum atomic E-state index is 5.63. The molecule has 0 saturated heterocycles. The zero-order valence-electron chi connectivity index (χ0n) is 9.26. The van der Waals surface area contributed by atoms with Gasteiger partial charge in [0.15, 0.2) is 0 Å². The molecule has 80 valence electrons. The fourth-order valence-electron chi connectivity index (χ4n) is 1.42. The molecular weight excluding hydrogens is 160 g/mol. The molecule has 1 fully saturated rings. The van der Waals surface area contributed by atoms with Gasteiger partial charge in [0.25, 0.3) is 0 Å². The highest BCUT2D eigenvalue weighted by Gasteiger charge is 2.06. The second-order valence-corrected chi connectivity index (χ2v) is 3.97. The van der Waals surface area contributed by atoms with Gasteiger partial charge in [0, 0.05) is 12.1 Å². The van der Waals surface area contributed by atoms with Gasteiger partial charge in [-0.1, -0.05) is 33.1 Å². The summed E-state index contributed by atoms with van der Waals surface area (Å²) in [4.78, 5) is 0. The second-order valence-electron chi connectivity index (χ2n) is 3.97. The molecule has 0 aliphatic heterocycles. The van der Waals surface area contributed by atoms with Crippen molar-refractivity contribution in [2.45, 2.75) is 70.9 Å². The van der Waals surface area contributed by atoms with E-state index in [9.17, 15) is 0 Å². The molecule has 2 heteroatoms. The van der Waals surface area contributed by atoms with Crippen molar-refractivity contribution in [1.82, 2.24) is 0 Å². The zero-order valence-corrected chi connectivity index (χ0v) is 9.26. The van der Waals surface area contributed by atoms with Crippen LogP contribution in [0.25, 0.3) is 0 Å². The van der Waals surface area contributed by atoms with Gasteiger partial charge in [0.2, 0.25) is 0 Å². The molecule has 0 bridgehead atoms. The minimum Gasteiger partial charge on any atom is -0.328 e. The van der Waals surface area contributed by atoms with Crippen LogP contribution in [0, 0.1) is 0 Å². The number of hydrogen-bond donors (Lipinski definition) is 2. The average molecular weight is 186 g/mol. The molecule has 0 aromatic heterocycles. The quantitative estimate of drug-likeness (QED) is 0.696. The molecule has 13 heavy (non-hydrogen) atoms. The van der Waals surface area contributed by atoms with Gasteiger partial charge in [0.1, 0.15) is 0 Å². The fourth-order valence-corrected chi connectivity index (χ4v) is 1.42. The zero-order chi connectivity index (χ0) is 10.1. The average Bonchev–Trinajstić information content (AvgIpc) is 2.19. The van der Waals surface area contributed by atoms with E-state index in [1.165, 1.54) is 32.1 Å². The lowest BCUT2D eigenvalue weighted by Gasteiger charge is -2.15. The highest BCUT2D eigenvalue weighted by atomic mass is 14.6. The molecule has 2 nitrogen and oxygen atoms in total. The summed E-state index contributed by atoms with van der Waals surface area (Å²) in [6.07, 6.45) is 8.88. The standard InChI is InChI=1S/C6H13N.C5H13N/c7-6-4-2-1-3-5-6;1-3-5(6)4-2/h6H,1-5,7H2;5H,3-4,6H2,1-2H3. The molecule has 1 aliphatic carbocycles. The Kier molecular flexibility index (Phi) is 8.46. The summed E-state index contributed by atoms with van der Waals surface area (Å²) in [6, 6.07) is 0.971. The summed E-state index contributed by atoms with van der Waals surface area (Å²) in [5.41, 5.74) is 11.1. The molecule has 1 aliphatic rings. The highest BCUT2D eigenvalue weighted by molar-refractivity contribution is 4.66. The SMILES string of the molecule is CCC(N)CC.NC1CCCCC1. The number of hydrogen-bond acceptors (Lipinski definition) is 2. The minimum atomic E-state index is 0.435. The topological polar surface area (TPSA) is 52.0 Å². The predicted octanol–water partition coefficient (Wildman–Crippen LogP) is 2.41. The Morgan fingerprint density at radius 1 is 1.08 bits per heavy atom. The Morgan fingerprint density at radius 3 is 1.69 bits per heavy atom. The first-order valence-corrected chi connectivity index (χ1v) is 5.71. The molecule has 0 aromatic rings. The van der Waals surface area contributed by atoms with Crippen molar-refractivity contribution >= 4 is 0 Å². The Balaban J connectivity index is 0.000000226. The lowest BCUT2D eigenvalue weighted by atomic mass is 9.97. The van der Waals surface area contributed by atoms with Gasteiger partial charge in [0.05, 0.1) is 0 Å². The largest absolute Gasteiger partial charge is 0.328 e. The third kappa shape index (κ3) is 8.26. The first kappa shape index (κ1) is 12.9. The van der Waals surface area contributed by atoms with Crippen LogP contribution in [0.15, 0.2) is 0 Å². The van der Waals surface area contributed by atoms with Crippen molar-refractivity contribution in [3.8, 4) is 0 Å². The Labute approximate surface area is 83.1 Å². The van der Waals surface area contributed by atoms with E-state index >= 15 is 0 Å². The molecule has 0 heterocycles. The van der Waals surface area contributed by atoms with Gasteiger partial charge >= 0.3 is 0 Å². The monoisotopic (exact) mass is 186 g/mol.